The van der Waals surface area contributed by atoms with E-state index < -0.39 is 9.84 Å². The molecule has 27 heavy (non-hydrogen) atoms. The minimum absolute atomic E-state index is 0. The molecule has 1 aliphatic rings. The van der Waals surface area contributed by atoms with Gasteiger partial charge in [-0.15, -0.1) is 24.0 Å². The highest BCUT2D eigenvalue weighted by atomic mass is 127. The third kappa shape index (κ3) is 8.91. The Bertz CT molecular complexity index is 753. The summed E-state index contributed by atoms with van der Waals surface area (Å²) in [6.45, 7) is 5.75. The van der Waals surface area contributed by atoms with Crippen molar-refractivity contribution in [2.24, 2.45) is 4.99 Å². The van der Waals surface area contributed by atoms with Crippen LogP contribution >= 0.6 is 24.0 Å². The lowest BCUT2D eigenvalue weighted by Crippen LogP contribution is -2.41. The first-order chi connectivity index (χ1) is 12.4. The number of rotatable bonds is 7. The maximum absolute atomic E-state index is 12.0. The number of nitrogens with zero attached hydrogens (tertiary/aromatic N) is 1. The molecule has 3 N–H and O–H groups in total. The fraction of sp³-hybridized carbons (Fsp3) is 0.556. The Morgan fingerprint density at radius 3 is 2.70 bits per heavy atom. The molecular formula is C18H29IN4O3S. The average Bonchev–Trinajstić information content (AvgIpc) is 2.91. The number of carbonyl (C=O) groups excluding carboxylic acids is 1. The summed E-state index contributed by atoms with van der Waals surface area (Å²) in [7, 11) is -2.98. The lowest BCUT2D eigenvalue weighted by atomic mass is 10.1. The lowest BCUT2D eigenvalue weighted by Gasteiger charge is -2.13. The van der Waals surface area contributed by atoms with Crippen LogP contribution in [-0.4, -0.2) is 50.9 Å². The lowest BCUT2D eigenvalue weighted by molar-refractivity contribution is -0.121. The van der Waals surface area contributed by atoms with Gasteiger partial charge in [0.25, 0.3) is 0 Å². The average molecular weight is 508 g/mol. The maximum atomic E-state index is 12.0. The molecule has 1 heterocycles. The van der Waals surface area contributed by atoms with Gasteiger partial charge in [0.15, 0.2) is 15.8 Å². The van der Waals surface area contributed by atoms with E-state index in [2.05, 4.69) is 27.0 Å². The number of guanidine groups is 1. The number of nitrogens with one attached hydrogen (secondary N) is 3. The first-order valence-electron chi connectivity index (χ1n) is 8.95. The molecule has 1 saturated heterocycles. The van der Waals surface area contributed by atoms with Gasteiger partial charge in [-0.25, -0.2) is 13.4 Å². The van der Waals surface area contributed by atoms with Gasteiger partial charge < -0.3 is 16.0 Å². The Balaban J connectivity index is 0.00000364. The predicted octanol–water partition coefficient (Wildman–Crippen LogP) is 1.36. The summed E-state index contributed by atoms with van der Waals surface area (Å²) >= 11 is 0. The summed E-state index contributed by atoms with van der Waals surface area (Å²) in [4.78, 5) is 16.5. The van der Waals surface area contributed by atoms with Crippen molar-refractivity contribution in [2.45, 2.75) is 39.3 Å². The van der Waals surface area contributed by atoms with E-state index in [4.69, 9.17) is 0 Å². The summed E-state index contributed by atoms with van der Waals surface area (Å²) in [5, 5.41) is 9.08. The van der Waals surface area contributed by atoms with Crippen molar-refractivity contribution >= 4 is 45.7 Å². The van der Waals surface area contributed by atoms with Crippen LogP contribution in [0.1, 0.15) is 30.9 Å². The minimum atomic E-state index is -2.98. The van der Waals surface area contributed by atoms with Crippen LogP contribution in [0, 0.1) is 6.92 Å². The van der Waals surface area contributed by atoms with Gasteiger partial charge >= 0.3 is 0 Å². The topological polar surface area (TPSA) is 99.7 Å². The molecule has 2 rings (SSSR count). The van der Waals surface area contributed by atoms with E-state index in [1.807, 2.05) is 32.0 Å². The highest BCUT2D eigenvalue weighted by molar-refractivity contribution is 14.0. The summed E-state index contributed by atoms with van der Waals surface area (Å²) < 4.78 is 22.8. The first-order valence-corrected chi connectivity index (χ1v) is 10.8. The zero-order valence-electron chi connectivity index (χ0n) is 15.8. The number of sulfone groups is 1. The molecular weight excluding hydrogens is 479 g/mol. The standard InChI is InChI=1S/C18H28N4O3S.HI/c1-3-19-18(21-12-15-6-4-5-14(2)11-15)20-9-7-17(23)22-16-8-10-26(24,25)13-16;/h4-6,11,16H,3,7-10,12-13H2,1-2H3,(H,22,23)(H2,19,20,21);1H. The van der Waals surface area contributed by atoms with Crippen LogP contribution in [0.15, 0.2) is 29.3 Å². The van der Waals surface area contributed by atoms with Crippen LogP contribution in [0.2, 0.25) is 0 Å². The van der Waals surface area contributed by atoms with Gasteiger partial charge in [-0.3, -0.25) is 4.79 Å². The van der Waals surface area contributed by atoms with Crippen LogP contribution in [0.3, 0.4) is 0 Å². The number of aryl methyl sites for hydroxylation is 1. The van der Waals surface area contributed by atoms with Crippen LogP contribution in [0.4, 0.5) is 0 Å². The molecule has 0 radical (unpaired) electrons. The number of hydrogen-bond acceptors (Lipinski definition) is 4. The first kappa shape index (κ1) is 23.7. The second kappa shape index (κ2) is 11.5. The molecule has 7 nitrogen and oxygen atoms in total. The molecule has 0 bridgehead atoms. The summed E-state index contributed by atoms with van der Waals surface area (Å²) in [6.07, 6.45) is 0.771. The van der Waals surface area contributed by atoms with E-state index in [0.717, 1.165) is 12.1 Å². The predicted molar refractivity (Wildman–Crippen MR) is 119 cm³/mol. The molecule has 1 atom stereocenters. The Hall–Kier alpha value is -1.36. The molecule has 0 saturated carbocycles. The minimum Gasteiger partial charge on any atom is -0.357 e. The SMILES string of the molecule is CCNC(=NCc1cccc(C)c1)NCCC(=O)NC1CCS(=O)(=O)C1.I. The van der Waals surface area contributed by atoms with E-state index in [0.29, 0.717) is 25.5 Å². The molecule has 1 aromatic rings. The van der Waals surface area contributed by atoms with Gasteiger partial charge in [0.1, 0.15) is 0 Å². The van der Waals surface area contributed by atoms with Crippen molar-refractivity contribution in [1.29, 1.82) is 0 Å². The van der Waals surface area contributed by atoms with E-state index in [9.17, 15) is 13.2 Å². The molecule has 1 amide bonds. The van der Waals surface area contributed by atoms with Crippen LogP contribution in [0.25, 0.3) is 0 Å². The Morgan fingerprint density at radius 1 is 1.30 bits per heavy atom. The molecule has 0 aliphatic carbocycles. The molecule has 1 unspecified atom stereocenters. The largest absolute Gasteiger partial charge is 0.357 e. The highest BCUT2D eigenvalue weighted by Gasteiger charge is 2.28. The zero-order chi connectivity index (χ0) is 19.0. The van der Waals surface area contributed by atoms with Crippen molar-refractivity contribution in [2.75, 3.05) is 24.6 Å². The number of aliphatic imine (C=N–C) groups is 1. The molecule has 1 fully saturated rings. The number of carbonyl (C=O) groups is 1. The molecule has 1 aromatic carbocycles. The smallest absolute Gasteiger partial charge is 0.222 e. The van der Waals surface area contributed by atoms with Crippen molar-refractivity contribution in [3.05, 3.63) is 35.4 Å². The number of amides is 1. The zero-order valence-corrected chi connectivity index (χ0v) is 19.0. The van der Waals surface area contributed by atoms with Crippen LogP contribution in [-0.2, 0) is 21.2 Å². The number of hydrogen-bond donors (Lipinski definition) is 3. The summed E-state index contributed by atoms with van der Waals surface area (Å²) in [5.41, 5.74) is 2.32. The fourth-order valence-corrected chi connectivity index (χ4v) is 4.50. The third-order valence-corrected chi connectivity index (χ3v) is 5.86. The van der Waals surface area contributed by atoms with Gasteiger partial charge in [-0.05, 0) is 25.8 Å². The second-order valence-corrected chi connectivity index (χ2v) is 8.76. The molecule has 0 aromatic heterocycles. The number of halogens is 1. The third-order valence-electron chi connectivity index (χ3n) is 4.09. The monoisotopic (exact) mass is 508 g/mol. The fourth-order valence-electron chi connectivity index (χ4n) is 2.83. The molecule has 1 aliphatic heterocycles. The van der Waals surface area contributed by atoms with E-state index in [-0.39, 0.29) is 53.9 Å². The molecule has 0 spiro atoms. The molecule has 152 valence electrons. The van der Waals surface area contributed by atoms with Crippen molar-refractivity contribution < 1.29 is 13.2 Å². The highest BCUT2D eigenvalue weighted by Crippen LogP contribution is 2.11. The summed E-state index contributed by atoms with van der Waals surface area (Å²) in [5.74, 6) is 0.721. The van der Waals surface area contributed by atoms with Gasteiger partial charge in [0.05, 0.1) is 18.1 Å². The maximum Gasteiger partial charge on any atom is 0.222 e. The van der Waals surface area contributed by atoms with E-state index >= 15 is 0 Å². The number of benzene rings is 1. The van der Waals surface area contributed by atoms with Gasteiger partial charge in [-0.2, -0.15) is 0 Å². The van der Waals surface area contributed by atoms with Crippen molar-refractivity contribution in [3.8, 4) is 0 Å². The van der Waals surface area contributed by atoms with Gasteiger partial charge in [0.2, 0.25) is 5.91 Å². The van der Waals surface area contributed by atoms with E-state index in [1.165, 1.54) is 5.56 Å². The van der Waals surface area contributed by atoms with Crippen molar-refractivity contribution in [3.63, 3.8) is 0 Å². The van der Waals surface area contributed by atoms with Crippen molar-refractivity contribution in [1.82, 2.24) is 16.0 Å². The van der Waals surface area contributed by atoms with Gasteiger partial charge in [0, 0.05) is 25.6 Å². The van der Waals surface area contributed by atoms with Crippen LogP contribution in [0.5, 0.6) is 0 Å². The summed E-state index contributed by atoms with van der Waals surface area (Å²) in [6, 6.07) is 7.92. The quantitative estimate of drug-likeness (QED) is 0.294. The second-order valence-electron chi connectivity index (χ2n) is 6.53. The van der Waals surface area contributed by atoms with Gasteiger partial charge in [-0.1, -0.05) is 29.8 Å². The van der Waals surface area contributed by atoms with Crippen LogP contribution < -0.4 is 16.0 Å². The Labute approximate surface area is 178 Å². The Kier molecular flexibility index (Phi) is 10.1. The Morgan fingerprint density at radius 2 is 2.07 bits per heavy atom. The molecule has 9 heteroatoms. The van der Waals surface area contributed by atoms with E-state index in [1.54, 1.807) is 0 Å². The normalized spacial score (nSPS) is 18.4.